The van der Waals surface area contributed by atoms with Crippen molar-refractivity contribution in [3.63, 3.8) is 0 Å². The van der Waals surface area contributed by atoms with Crippen LogP contribution in [0, 0.1) is 5.82 Å². The molecule has 5 nitrogen and oxygen atoms in total. The molecule has 0 aliphatic heterocycles. The van der Waals surface area contributed by atoms with E-state index in [0.717, 1.165) is 12.1 Å². The number of sulfonamides is 1. The fourth-order valence-corrected chi connectivity index (χ4v) is 4.03. The van der Waals surface area contributed by atoms with E-state index >= 15 is 0 Å². The van der Waals surface area contributed by atoms with Crippen LogP contribution >= 0.6 is 0 Å². The van der Waals surface area contributed by atoms with Gasteiger partial charge in [0.25, 0.3) is 0 Å². The van der Waals surface area contributed by atoms with Gasteiger partial charge in [0.2, 0.25) is 10.0 Å². The Labute approximate surface area is 128 Å². The highest BCUT2D eigenvalue weighted by molar-refractivity contribution is 7.89. The van der Waals surface area contributed by atoms with E-state index in [0.29, 0.717) is 19.3 Å². The van der Waals surface area contributed by atoms with Crippen molar-refractivity contribution >= 4 is 16.0 Å². The molecule has 1 aromatic carbocycles. The predicted molar refractivity (Wildman–Crippen MR) is 79.6 cm³/mol. The van der Waals surface area contributed by atoms with E-state index in [1.807, 2.05) is 12.2 Å². The van der Waals surface area contributed by atoms with Gasteiger partial charge in [-0.05, 0) is 31.4 Å². The summed E-state index contributed by atoms with van der Waals surface area (Å²) in [6, 6.07) is 3.27. The van der Waals surface area contributed by atoms with E-state index in [4.69, 9.17) is 5.11 Å². The van der Waals surface area contributed by atoms with Gasteiger partial charge in [-0.25, -0.2) is 22.3 Å². The number of rotatable bonds is 6. The van der Waals surface area contributed by atoms with E-state index in [2.05, 4.69) is 11.3 Å². The van der Waals surface area contributed by atoms with Crippen molar-refractivity contribution in [1.29, 1.82) is 0 Å². The molecule has 0 saturated heterocycles. The Morgan fingerprint density at radius 1 is 1.41 bits per heavy atom. The van der Waals surface area contributed by atoms with Gasteiger partial charge in [0.1, 0.15) is 4.90 Å². The second-order valence-corrected chi connectivity index (χ2v) is 6.83. The first-order valence-electron chi connectivity index (χ1n) is 6.63. The lowest BCUT2D eigenvalue weighted by atomic mass is 9.94. The van der Waals surface area contributed by atoms with Crippen molar-refractivity contribution in [3.8, 4) is 0 Å². The monoisotopic (exact) mass is 325 g/mol. The summed E-state index contributed by atoms with van der Waals surface area (Å²) in [4.78, 5) is 10.3. The summed E-state index contributed by atoms with van der Waals surface area (Å²) < 4.78 is 41.6. The zero-order chi connectivity index (χ0) is 16.4. The smallest absolute Gasteiger partial charge is 0.338 e. The van der Waals surface area contributed by atoms with Crippen molar-refractivity contribution in [1.82, 2.24) is 4.72 Å². The molecule has 1 aliphatic rings. The van der Waals surface area contributed by atoms with Gasteiger partial charge in [0.05, 0.1) is 5.56 Å². The highest BCUT2D eigenvalue weighted by atomic mass is 32.2. The van der Waals surface area contributed by atoms with Crippen LogP contribution < -0.4 is 4.72 Å². The number of aromatic carboxylic acids is 1. The second kappa shape index (κ2) is 6.02. The molecule has 0 unspecified atom stereocenters. The first-order chi connectivity index (χ1) is 10.3. The molecule has 22 heavy (non-hydrogen) atoms. The Hall–Kier alpha value is -1.99. The van der Waals surface area contributed by atoms with Crippen LogP contribution in [0.15, 0.2) is 47.9 Å². The quantitative estimate of drug-likeness (QED) is 0.787. The molecule has 0 radical (unpaired) electrons. The van der Waals surface area contributed by atoms with E-state index in [1.54, 1.807) is 6.08 Å². The summed E-state index contributed by atoms with van der Waals surface area (Å²) in [5.74, 6) is -2.78. The molecule has 0 heterocycles. The molecule has 0 saturated carbocycles. The number of carbonyl (C=O) groups is 1. The number of hydrogen-bond donors (Lipinski definition) is 2. The van der Waals surface area contributed by atoms with E-state index in [1.165, 1.54) is 6.07 Å². The Morgan fingerprint density at radius 3 is 2.59 bits per heavy atom. The van der Waals surface area contributed by atoms with Crippen LogP contribution in [0.1, 0.15) is 29.6 Å². The van der Waals surface area contributed by atoms with Gasteiger partial charge in [-0.1, -0.05) is 24.3 Å². The maximum absolute atomic E-state index is 14.2. The Bertz CT molecular complexity index is 732. The topological polar surface area (TPSA) is 83.5 Å². The third-order valence-electron chi connectivity index (χ3n) is 3.55. The van der Waals surface area contributed by atoms with Gasteiger partial charge >= 0.3 is 5.97 Å². The molecule has 7 heteroatoms. The third-order valence-corrected chi connectivity index (χ3v) is 5.15. The van der Waals surface area contributed by atoms with Crippen LogP contribution in [-0.4, -0.2) is 25.0 Å². The maximum Gasteiger partial charge on any atom is 0.338 e. The van der Waals surface area contributed by atoms with Gasteiger partial charge < -0.3 is 5.11 Å². The largest absolute Gasteiger partial charge is 0.478 e. The van der Waals surface area contributed by atoms with Crippen molar-refractivity contribution in [2.45, 2.75) is 29.7 Å². The highest BCUT2D eigenvalue weighted by Gasteiger charge is 2.36. The van der Waals surface area contributed by atoms with Crippen LogP contribution in [0.4, 0.5) is 4.39 Å². The zero-order valence-corrected chi connectivity index (χ0v) is 12.6. The molecule has 2 N–H and O–H groups in total. The van der Waals surface area contributed by atoms with Gasteiger partial charge in [-0.15, -0.1) is 6.58 Å². The lowest BCUT2D eigenvalue weighted by Crippen LogP contribution is -2.46. The van der Waals surface area contributed by atoms with Crippen LogP contribution in [0.2, 0.25) is 0 Å². The highest BCUT2D eigenvalue weighted by Crippen LogP contribution is 2.30. The second-order valence-electron chi connectivity index (χ2n) is 5.18. The minimum absolute atomic E-state index is 0.388. The molecule has 2 rings (SSSR count). The molecule has 0 aromatic heterocycles. The maximum atomic E-state index is 14.2. The third kappa shape index (κ3) is 3.10. The van der Waals surface area contributed by atoms with Gasteiger partial charge in [-0.3, -0.25) is 0 Å². The first-order valence-corrected chi connectivity index (χ1v) is 8.11. The standard InChI is InChI=1S/C15H16FNO4S/c1-2-8-15(9-3-4-10-15)17-22(20,21)12-7-5-6-11(13(12)16)14(18)19/h2-7,17H,1,8-10H2,(H,18,19). The minimum atomic E-state index is -4.19. The average molecular weight is 325 g/mol. The Morgan fingerprint density at radius 2 is 2.05 bits per heavy atom. The zero-order valence-electron chi connectivity index (χ0n) is 11.8. The minimum Gasteiger partial charge on any atom is -0.478 e. The lowest BCUT2D eigenvalue weighted by Gasteiger charge is -2.29. The van der Waals surface area contributed by atoms with Gasteiger partial charge in [0, 0.05) is 5.54 Å². The number of hydrogen-bond acceptors (Lipinski definition) is 3. The molecule has 1 aromatic rings. The summed E-state index contributed by atoms with van der Waals surface area (Å²) in [6.07, 6.45) is 6.61. The van der Waals surface area contributed by atoms with Crippen molar-refractivity contribution in [3.05, 3.63) is 54.4 Å². The van der Waals surface area contributed by atoms with Crippen LogP contribution in [0.3, 0.4) is 0 Å². The first kappa shape index (κ1) is 16.4. The molecule has 0 bridgehead atoms. The predicted octanol–water partition coefficient (Wildman–Crippen LogP) is 2.47. The summed E-state index contributed by atoms with van der Waals surface area (Å²) >= 11 is 0. The fraction of sp³-hybridized carbons (Fsp3) is 0.267. The van der Waals surface area contributed by atoms with Crippen molar-refractivity contribution in [2.75, 3.05) is 0 Å². The van der Waals surface area contributed by atoms with E-state index in [9.17, 15) is 17.6 Å². The Balaban J connectivity index is 2.41. The molecular formula is C15H16FNO4S. The normalized spacial score (nSPS) is 16.6. The number of carboxylic acid groups (broad SMARTS) is 1. The van der Waals surface area contributed by atoms with Crippen molar-refractivity contribution < 1.29 is 22.7 Å². The molecule has 0 spiro atoms. The van der Waals surface area contributed by atoms with Crippen molar-refractivity contribution in [2.24, 2.45) is 0 Å². The molecule has 1 aliphatic carbocycles. The summed E-state index contributed by atoms with van der Waals surface area (Å²) in [5, 5.41) is 8.90. The molecule has 0 fully saturated rings. The average Bonchev–Trinajstić information content (AvgIpc) is 2.86. The number of benzene rings is 1. The van der Waals surface area contributed by atoms with Crippen LogP contribution in [0.5, 0.6) is 0 Å². The molecule has 0 atom stereocenters. The van der Waals surface area contributed by atoms with Crippen LogP contribution in [0.25, 0.3) is 0 Å². The van der Waals surface area contributed by atoms with E-state index < -0.39 is 37.8 Å². The Kier molecular flexibility index (Phi) is 4.48. The SMILES string of the molecule is C=CCC1(NS(=O)(=O)c2cccc(C(=O)O)c2F)CC=CC1. The summed E-state index contributed by atoms with van der Waals surface area (Å²) in [6.45, 7) is 3.61. The number of nitrogens with one attached hydrogen (secondary N) is 1. The fourth-order valence-electron chi connectivity index (χ4n) is 2.49. The lowest BCUT2D eigenvalue weighted by molar-refractivity contribution is 0.0691. The number of halogens is 1. The van der Waals surface area contributed by atoms with Gasteiger partial charge in [-0.2, -0.15) is 0 Å². The molecule has 0 amide bonds. The van der Waals surface area contributed by atoms with Crippen LogP contribution in [-0.2, 0) is 10.0 Å². The van der Waals surface area contributed by atoms with E-state index in [-0.39, 0.29) is 0 Å². The summed E-state index contributed by atoms with van der Waals surface area (Å²) in [7, 11) is -4.19. The molecular weight excluding hydrogens is 309 g/mol. The summed E-state index contributed by atoms with van der Waals surface area (Å²) in [5.41, 5.74) is -1.45. The number of carboxylic acids is 1. The van der Waals surface area contributed by atoms with Gasteiger partial charge in [0.15, 0.2) is 5.82 Å². The molecule has 118 valence electrons.